The number of rotatable bonds is 1. The fourth-order valence-electron chi connectivity index (χ4n) is 3.08. The van der Waals surface area contributed by atoms with Crippen LogP contribution in [-0.2, 0) is 0 Å². The Bertz CT molecular complexity index is 952. The highest BCUT2D eigenvalue weighted by Crippen LogP contribution is 2.55. The molecule has 0 fully saturated rings. The number of aryl methyl sites for hydroxylation is 2. The van der Waals surface area contributed by atoms with Crippen molar-refractivity contribution in [2.45, 2.75) is 13.8 Å². The summed E-state index contributed by atoms with van der Waals surface area (Å²) in [5.41, 5.74) is 2.78. The van der Waals surface area contributed by atoms with Gasteiger partial charge in [0.1, 0.15) is 0 Å². The molecule has 0 aliphatic rings. The van der Waals surface area contributed by atoms with Gasteiger partial charge in [-0.1, -0.05) is 68.2 Å². The number of fused-ring (bicyclic) bond motifs is 3. The van der Waals surface area contributed by atoms with E-state index < -0.39 is 7.53 Å². The summed E-state index contributed by atoms with van der Waals surface area (Å²) < 4.78 is 0. The average Bonchev–Trinajstić information content (AvgIpc) is 2.82. The molecule has 1 aromatic heterocycles. The Balaban J connectivity index is 0.00000144. The van der Waals surface area contributed by atoms with Crippen LogP contribution in [0.25, 0.3) is 26.3 Å². The van der Waals surface area contributed by atoms with Crippen molar-refractivity contribution in [3.63, 3.8) is 0 Å². The van der Waals surface area contributed by atoms with E-state index in [1.807, 2.05) is 0 Å². The summed E-state index contributed by atoms with van der Waals surface area (Å²) in [4.78, 5) is 0. The molecule has 0 saturated carbocycles. The summed E-state index contributed by atoms with van der Waals surface area (Å²) in [7, 11) is -0.401. The summed E-state index contributed by atoms with van der Waals surface area (Å²) in [6, 6.07) is 24.6. The lowest BCUT2D eigenvalue weighted by atomic mass is 10.1. The second-order valence-corrected chi connectivity index (χ2v) is 7.79. The van der Waals surface area contributed by atoms with E-state index >= 15 is 0 Å². The van der Waals surface area contributed by atoms with Gasteiger partial charge in [-0.3, -0.25) is 0 Å². The molecule has 4 aromatic rings. The third kappa shape index (κ3) is 2.17. The zero-order valence-corrected chi connectivity index (χ0v) is 13.8. The first kappa shape index (κ1) is 14.9. The van der Waals surface area contributed by atoms with E-state index in [0.717, 1.165) is 0 Å². The number of hydrogen-bond acceptors (Lipinski definition) is 0. The Labute approximate surface area is 134 Å². The van der Waals surface area contributed by atoms with Gasteiger partial charge < -0.3 is 0 Å². The molecule has 4 rings (SSSR count). The summed E-state index contributed by atoms with van der Waals surface area (Å²) in [5, 5.41) is 7.32. The maximum absolute atomic E-state index is 2.41. The topological polar surface area (TPSA) is 0 Å². The minimum Gasteiger partial charge on any atom is -0.0772 e. The summed E-state index contributed by atoms with van der Waals surface area (Å²) in [5.74, 6) is 0. The molecule has 0 bridgehead atoms. The highest BCUT2D eigenvalue weighted by molar-refractivity contribution is 7.67. The second kappa shape index (κ2) is 5.67. The Morgan fingerprint density at radius 2 is 1.27 bits per heavy atom. The van der Waals surface area contributed by atoms with Crippen molar-refractivity contribution in [3.05, 3.63) is 77.9 Å². The normalized spacial score (nSPS) is 11.6. The molecule has 1 heterocycles. The monoisotopic (exact) mass is 299 g/mol. The SMILES string of the molecule is Cc1cc2c3ccccc3p(-c3ccccc3)c2cc1C.[B]. The average molecular weight is 299 g/mol. The van der Waals surface area contributed by atoms with Crippen molar-refractivity contribution in [3.8, 4) is 5.30 Å². The van der Waals surface area contributed by atoms with Crippen LogP contribution in [-0.4, -0.2) is 8.41 Å². The van der Waals surface area contributed by atoms with Crippen LogP contribution in [0.5, 0.6) is 0 Å². The molecule has 3 radical (unpaired) electrons. The third-order valence-electron chi connectivity index (χ3n) is 4.30. The number of benzene rings is 3. The molecular formula is C20H17BP. The Hall–Kier alpha value is -1.98. The lowest BCUT2D eigenvalue weighted by Crippen LogP contribution is -1.78. The van der Waals surface area contributed by atoms with Crippen LogP contribution in [0, 0.1) is 13.8 Å². The predicted octanol–water partition coefficient (Wildman–Crippen LogP) is 6.20. The van der Waals surface area contributed by atoms with Crippen molar-refractivity contribution in [1.29, 1.82) is 0 Å². The smallest absolute Gasteiger partial charge is 0.00711 e. The van der Waals surface area contributed by atoms with Crippen LogP contribution >= 0.6 is 7.53 Å². The summed E-state index contributed by atoms with van der Waals surface area (Å²) in [6.45, 7) is 4.43. The standard InChI is InChI=1S/C20H17P.B/c1-14-12-18-17-10-6-7-11-19(17)21(20(18)13-15(14)2)16-8-4-3-5-9-16;/h3-13H,1-2H3;. The largest absolute Gasteiger partial charge is 0.0772 e. The maximum atomic E-state index is 2.41. The van der Waals surface area contributed by atoms with Crippen molar-refractivity contribution in [2.24, 2.45) is 0 Å². The lowest BCUT2D eigenvalue weighted by Gasteiger charge is -2.05. The van der Waals surface area contributed by atoms with Gasteiger partial charge >= 0.3 is 0 Å². The summed E-state index contributed by atoms with van der Waals surface area (Å²) in [6.07, 6.45) is 0. The van der Waals surface area contributed by atoms with Gasteiger partial charge in [-0.05, 0) is 47.1 Å². The van der Waals surface area contributed by atoms with E-state index in [1.54, 1.807) is 0 Å². The molecule has 0 N–H and O–H groups in total. The van der Waals surface area contributed by atoms with Gasteiger partial charge in [0.25, 0.3) is 0 Å². The molecule has 1 unspecified atom stereocenters. The molecule has 0 saturated heterocycles. The highest BCUT2D eigenvalue weighted by atomic mass is 31.1. The van der Waals surface area contributed by atoms with Gasteiger partial charge in [-0.25, -0.2) is 0 Å². The van der Waals surface area contributed by atoms with Crippen LogP contribution in [0.3, 0.4) is 0 Å². The van der Waals surface area contributed by atoms with Gasteiger partial charge in [-0.15, -0.1) is 0 Å². The van der Waals surface area contributed by atoms with Gasteiger partial charge in [0.2, 0.25) is 0 Å². The van der Waals surface area contributed by atoms with Crippen molar-refractivity contribution >= 4 is 37.0 Å². The molecule has 2 heteroatoms. The first-order chi connectivity index (χ1) is 10.3. The van der Waals surface area contributed by atoms with Gasteiger partial charge in [-0.2, -0.15) is 0 Å². The fourth-order valence-corrected chi connectivity index (χ4v) is 5.79. The highest BCUT2D eigenvalue weighted by Gasteiger charge is 2.13. The zero-order valence-electron chi connectivity index (χ0n) is 12.9. The van der Waals surface area contributed by atoms with Crippen LogP contribution in [0.4, 0.5) is 0 Å². The Morgan fingerprint density at radius 1 is 0.636 bits per heavy atom. The van der Waals surface area contributed by atoms with E-state index in [4.69, 9.17) is 0 Å². The van der Waals surface area contributed by atoms with Gasteiger partial charge in [0.15, 0.2) is 0 Å². The molecule has 0 amide bonds. The maximum Gasteiger partial charge on any atom is 0.00711 e. The molecular weight excluding hydrogens is 282 g/mol. The fraction of sp³-hybridized carbons (Fsp3) is 0.100. The minimum absolute atomic E-state index is 0. The van der Waals surface area contributed by atoms with E-state index in [0.29, 0.717) is 0 Å². The molecule has 22 heavy (non-hydrogen) atoms. The molecule has 0 aliphatic heterocycles. The van der Waals surface area contributed by atoms with Crippen LogP contribution in [0.1, 0.15) is 11.1 Å². The van der Waals surface area contributed by atoms with Crippen LogP contribution in [0.15, 0.2) is 66.7 Å². The van der Waals surface area contributed by atoms with E-state index in [-0.39, 0.29) is 8.41 Å². The van der Waals surface area contributed by atoms with E-state index in [2.05, 4.69) is 80.6 Å². The van der Waals surface area contributed by atoms with Crippen LogP contribution in [0.2, 0.25) is 0 Å². The summed E-state index contributed by atoms with van der Waals surface area (Å²) >= 11 is 0. The molecule has 3 aromatic carbocycles. The Kier molecular flexibility index (Phi) is 3.85. The van der Waals surface area contributed by atoms with Gasteiger partial charge in [0, 0.05) is 18.6 Å². The van der Waals surface area contributed by atoms with E-state index in [1.165, 1.54) is 37.4 Å². The quantitative estimate of drug-likeness (QED) is 0.367. The van der Waals surface area contributed by atoms with Crippen molar-refractivity contribution < 1.29 is 0 Å². The van der Waals surface area contributed by atoms with Crippen molar-refractivity contribution in [1.82, 2.24) is 0 Å². The molecule has 0 spiro atoms. The molecule has 0 nitrogen and oxygen atoms in total. The molecule has 0 aliphatic carbocycles. The Morgan fingerprint density at radius 3 is 2.05 bits per heavy atom. The van der Waals surface area contributed by atoms with Crippen LogP contribution < -0.4 is 0 Å². The zero-order chi connectivity index (χ0) is 14.4. The number of hydrogen-bond donors (Lipinski definition) is 0. The second-order valence-electron chi connectivity index (χ2n) is 5.64. The first-order valence-corrected chi connectivity index (χ1v) is 8.66. The lowest BCUT2D eigenvalue weighted by molar-refractivity contribution is 1.37. The minimum atomic E-state index is -0.401. The molecule has 1 atom stereocenters. The van der Waals surface area contributed by atoms with E-state index in [9.17, 15) is 0 Å². The first-order valence-electron chi connectivity index (χ1n) is 7.31. The third-order valence-corrected chi connectivity index (χ3v) is 6.84. The van der Waals surface area contributed by atoms with Gasteiger partial charge in [0.05, 0.1) is 0 Å². The van der Waals surface area contributed by atoms with Crippen molar-refractivity contribution in [2.75, 3.05) is 0 Å². The predicted molar refractivity (Wildman–Crippen MR) is 101 cm³/mol. The molecule has 105 valence electrons.